The first-order chi connectivity index (χ1) is 12.9. The summed E-state index contributed by atoms with van der Waals surface area (Å²) in [7, 11) is -3.53. The molecule has 0 radical (unpaired) electrons. The zero-order valence-electron chi connectivity index (χ0n) is 16.4. The fourth-order valence-electron chi connectivity index (χ4n) is 3.38. The molecule has 0 spiro atoms. The van der Waals surface area contributed by atoms with Crippen molar-refractivity contribution in [1.29, 1.82) is 0 Å². The van der Waals surface area contributed by atoms with Crippen LogP contribution < -0.4 is 11.1 Å². The normalized spacial score (nSPS) is 16.1. The minimum Gasteiger partial charge on any atom is -0.330 e. The van der Waals surface area contributed by atoms with E-state index in [1.165, 1.54) is 0 Å². The molecule has 0 unspecified atom stereocenters. The van der Waals surface area contributed by atoms with E-state index in [-0.39, 0.29) is 5.91 Å². The van der Waals surface area contributed by atoms with E-state index in [9.17, 15) is 13.2 Å². The van der Waals surface area contributed by atoms with Gasteiger partial charge >= 0.3 is 0 Å². The molecule has 1 aliphatic rings. The molecule has 7 heteroatoms. The molecule has 2 rings (SSSR count). The van der Waals surface area contributed by atoms with Crippen molar-refractivity contribution in [2.45, 2.75) is 69.6 Å². The van der Waals surface area contributed by atoms with Gasteiger partial charge in [0.05, 0.1) is 4.90 Å². The molecule has 3 N–H and O–H groups in total. The zero-order chi connectivity index (χ0) is 19.7. The molecule has 1 aliphatic heterocycles. The Bertz CT molecular complexity index is 711. The quantitative estimate of drug-likeness (QED) is 0.627. The number of unbranched alkanes of at least 4 members (excludes halogenated alkanes) is 3. The van der Waals surface area contributed by atoms with Gasteiger partial charge in [0.2, 0.25) is 15.9 Å². The van der Waals surface area contributed by atoms with Crippen molar-refractivity contribution < 1.29 is 13.2 Å². The summed E-state index contributed by atoms with van der Waals surface area (Å²) in [6.45, 7) is 3.62. The molecule has 1 amide bonds. The number of aryl methyl sites for hydroxylation is 1. The number of rotatable bonds is 9. The smallest absolute Gasteiger partial charge is 0.243 e. The first-order valence-corrected chi connectivity index (χ1v) is 11.5. The Morgan fingerprint density at radius 1 is 1.07 bits per heavy atom. The molecule has 1 aromatic rings. The number of sulfonamides is 1. The molecule has 1 aromatic carbocycles. The molecule has 1 heterocycles. The average molecular weight is 396 g/mol. The highest BCUT2D eigenvalue weighted by Gasteiger charge is 2.27. The number of hydrogen-bond donors (Lipinski definition) is 2. The summed E-state index contributed by atoms with van der Waals surface area (Å²) in [4.78, 5) is 12.4. The van der Waals surface area contributed by atoms with Crippen molar-refractivity contribution in [3.8, 4) is 0 Å². The molecule has 152 valence electrons. The van der Waals surface area contributed by atoms with Crippen LogP contribution in [-0.2, 0) is 14.8 Å². The van der Waals surface area contributed by atoms with E-state index >= 15 is 0 Å². The van der Waals surface area contributed by atoms with Crippen molar-refractivity contribution in [2.75, 3.05) is 25.0 Å². The molecule has 0 aliphatic carbocycles. The van der Waals surface area contributed by atoms with Gasteiger partial charge in [-0.05, 0) is 56.8 Å². The number of nitrogens with two attached hydrogens (primary N) is 1. The van der Waals surface area contributed by atoms with Crippen molar-refractivity contribution >= 4 is 21.6 Å². The maximum atomic E-state index is 13.1. The third-order valence-corrected chi connectivity index (χ3v) is 7.05. The summed E-state index contributed by atoms with van der Waals surface area (Å²) in [5, 5.41) is 2.84. The standard InChI is InChI=1S/C20H33N3O3S/c1-17-11-12-18(22-20(24)10-6-2-3-7-13-21)16-19(17)27(25,26)23-14-8-4-5-9-15-23/h11-12,16H,2-10,13-15,21H2,1H3,(H,22,24). The summed E-state index contributed by atoms with van der Waals surface area (Å²) in [5.74, 6) is -0.0790. The minimum absolute atomic E-state index is 0.0790. The second kappa shape index (κ2) is 10.8. The third kappa shape index (κ3) is 6.59. The van der Waals surface area contributed by atoms with Gasteiger partial charge in [-0.2, -0.15) is 4.31 Å². The Morgan fingerprint density at radius 2 is 1.74 bits per heavy atom. The predicted molar refractivity (Wildman–Crippen MR) is 109 cm³/mol. The van der Waals surface area contributed by atoms with Crippen LogP contribution in [0.2, 0.25) is 0 Å². The number of nitrogens with zero attached hydrogens (tertiary/aromatic N) is 1. The Kier molecular flexibility index (Phi) is 8.73. The number of hydrogen-bond acceptors (Lipinski definition) is 4. The summed E-state index contributed by atoms with van der Waals surface area (Å²) < 4.78 is 27.7. The van der Waals surface area contributed by atoms with E-state index in [4.69, 9.17) is 5.73 Å². The molecule has 0 bridgehead atoms. The van der Waals surface area contributed by atoms with Crippen LogP contribution >= 0.6 is 0 Å². The summed E-state index contributed by atoms with van der Waals surface area (Å²) in [6, 6.07) is 5.13. The largest absolute Gasteiger partial charge is 0.330 e. The van der Waals surface area contributed by atoms with Gasteiger partial charge in [-0.3, -0.25) is 4.79 Å². The topological polar surface area (TPSA) is 92.5 Å². The first-order valence-electron chi connectivity index (χ1n) is 10.1. The summed E-state index contributed by atoms with van der Waals surface area (Å²) in [6.07, 6.45) is 8.21. The number of nitrogens with one attached hydrogen (secondary N) is 1. The number of amides is 1. The third-order valence-electron chi connectivity index (χ3n) is 5.01. The van der Waals surface area contributed by atoms with Gasteiger partial charge in [-0.1, -0.05) is 31.7 Å². The van der Waals surface area contributed by atoms with Gasteiger partial charge in [0.15, 0.2) is 0 Å². The van der Waals surface area contributed by atoms with Crippen LogP contribution in [0.3, 0.4) is 0 Å². The molecule has 6 nitrogen and oxygen atoms in total. The van der Waals surface area contributed by atoms with Crippen LogP contribution in [0.15, 0.2) is 23.1 Å². The Labute approximate surface area is 163 Å². The Hall–Kier alpha value is -1.44. The van der Waals surface area contributed by atoms with E-state index < -0.39 is 10.0 Å². The van der Waals surface area contributed by atoms with Crippen LogP contribution in [0, 0.1) is 6.92 Å². The van der Waals surface area contributed by atoms with Gasteiger partial charge in [0.25, 0.3) is 0 Å². The molecular formula is C20H33N3O3S. The zero-order valence-corrected chi connectivity index (χ0v) is 17.2. The molecular weight excluding hydrogens is 362 g/mol. The molecule has 27 heavy (non-hydrogen) atoms. The van der Waals surface area contributed by atoms with Gasteiger partial charge in [0.1, 0.15) is 0 Å². The van der Waals surface area contributed by atoms with Gasteiger partial charge < -0.3 is 11.1 Å². The fourth-order valence-corrected chi connectivity index (χ4v) is 5.15. The second-order valence-electron chi connectivity index (χ2n) is 7.30. The van der Waals surface area contributed by atoms with E-state index in [1.54, 1.807) is 29.4 Å². The SMILES string of the molecule is Cc1ccc(NC(=O)CCCCCCN)cc1S(=O)(=O)N1CCCCCC1. The van der Waals surface area contributed by atoms with Crippen LogP contribution in [0.1, 0.15) is 63.4 Å². The molecule has 1 saturated heterocycles. The molecule has 0 saturated carbocycles. The summed E-state index contributed by atoms with van der Waals surface area (Å²) in [5.41, 5.74) is 6.71. The van der Waals surface area contributed by atoms with Crippen molar-refractivity contribution in [3.05, 3.63) is 23.8 Å². The number of carbonyl (C=O) groups excluding carboxylic acids is 1. The second-order valence-corrected chi connectivity index (χ2v) is 9.21. The van der Waals surface area contributed by atoms with Gasteiger partial charge in [-0.15, -0.1) is 0 Å². The van der Waals surface area contributed by atoms with E-state index in [2.05, 4.69) is 5.32 Å². The lowest BCUT2D eigenvalue weighted by atomic mass is 10.1. The minimum atomic E-state index is -3.53. The maximum Gasteiger partial charge on any atom is 0.243 e. The van der Waals surface area contributed by atoms with Gasteiger partial charge in [-0.25, -0.2) is 8.42 Å². The number of anilines is 1. The first kappa shape index (κ1) is 21.9. The molecule has 1 fully saturated rings. The van der Waals surface area contributed by atoms with Crippen molar-refractivity contribution in [1.82, 2.24) is 4.31 Å². The summed E-state index contributed by atoms with van der Waals surface area (Å²) >= 11 is 0. The van der Waals surface area contributed by atoms with Crippen LogP contribution in [0.5, 0.6) is 0 Å². The highest BCUT2D eigenvalue weighted by molar-refractivity contribution is 7.89. The van der Waals surface area contributed by atoms with Gasteiger partial charge in [0, 0.05) is 25.2 Å². The average Bonchev–Trinajstić information content (AvgIpc) is 2.93. The van der Waals surface area contributed by atoms with Crippen LogP contribution in [0.25, 0.3) is 0 Å². The lowest BCUT2D eigenvalue weighted by Crippen LogP contribution is -2.32. The van der Waals surface area contributed by atoms with Crippen LogP contribution in [0.4, 0.5) is 5.69 Å². The lowest BCUT2D eigenvalue weighted by Gasteiger charge is -2.21. The highest BCUT2D eigenvalue weighted by atomic mass is 32.2. The Morgan fingerprint density at radius 3 is 2.41 bits per heavy atom. The van der Waals surface area contributed by atoms with Crippen molar-refractivity contribution in [2.24, 2.45) is 5.73 Å². The maximum absolute atomic E-state index is 13.1. The van der Waals surface area contributed by atoms with E-state index in [0.717, 1.165) is 51.4 Å². The molecule has 0 aromatic heterocycles. The van der Waals surface area contributed by atoms with E-state index in [0.29, 0.717) is 42.2 Å². The monoisotopic (exact) mass is 395 g/mol. The van der Waals surface area contributed by atoms with E-state index in [1.807, 2.05) is 0 Å². The number of benzene rings is 1. The van der Waals surface area contributed by atoms with Crippen LogP contribution in [-0.4, -0.2) is 38.3 Å². The predicted octanol–water partition coefficient (Wildman–Crippen LogP) is 3.41. The number of carbonyl (C=O) groups is 1. The van der Waals surface area contributed by atoms with Crippen molar-refractivity contribution in [3.63, 3.8) is 0 Å². The lowest BCUT2D eigenvalue weighted by molar-refractivity contribution is -0.116. The fraction of sp³-hybridized carbons (Fsp3) is 0.650. The highest BCUT2D eigenvalue weighted by Crippen LogP contribution is 2.26. The Balaban J connectivity index is 2.03. The molecule has 0 atom stereocenters.